The lowest BCUT2D eigenvalue weighted by atomic mass is 10.2. The van der Waals surface area contributed by atoms with Crippen LogP contribution in [-0.2, 0) is 0 Å². The molecular formula is C8H8BrF2NO. The van der Waals surface area contributed by atoms with Crippen LogP contribution in [-0.4, -0.2) is 6.61 Å². The molecule has 13 heavy (non-hydrogen) atoms. The van der Waals surface area contributed by atoms with Crippen LogP contribution in [0.3, 0.4) is 0 Å². The second-order valence-corrected chi connectivity index (χ2v) is 3.37. The van der Waals surface area contributed by atoms with Crippen LogP contribution in [0, 0.1) is 6.92 Å². The van der Waals surface area contributed by atoms with Gasteiger partial charge in [0.15, 0.2) is 0 Å². The first kappa shape index (κ1) is 10.2. The Morgan fingerprint density at radius 1 is 1.46 bits per heavy atom. The van der Waals surface area contributed by atoms with Gasteiger partial charge >= 0.3 is 6.61 Å². The molecule has 72 valence electrons. The highest BCUT2D eigenvalue weighted by molar-refractivity contribution is 9.10. The van der Waals surface area contributed by atoms with Crippen molar-refractivity contribution < 1.29 is 13.5 Å². The summed E-state index contributed by atoms with van der Waals surface area (Å²) in [4.78, 5) is 0. The number of hydrogen-bond acceptors (Lipinski definition) is 2. The van der Waals surface area contributed by atoms with E-state index in [1.54, 1.807) is 13.0 Å². The summed E-state index contributed by atoms with van der Waals surface area (Å²) in [6.07, 6.45) is 0. The highest BCUT2D eigenvalue weighted by atomic mass is 79.9. The van der Waals surface area contributed by atoms with Crippen LogP contribution in [0.5, 0.6) is 5.75 Å². The lowest BCUT2D eigenvalue weighted by Crippen LogP contribution is -2.03. The number of hydrogen-bond donors (Lipinski definition) is 1. The van der Waals surface area contributed by atoms with E-state index in [1.165, 1.54) is 6.07 Å². The van der Waals surface area contributed by atoms with Crippen LogP contribution in [0.4, 0.5) is 14.5 Å². The molecule has 1 rings (SSSR count). The molecule has 0 fully saturated rings. The lowest BCUT2D eigenvalue weighted by Gasteiger charge is -2.09. The average molecular weight is 252 g/mol. The van der Waals surface area contributed by atoms with Crippen molar-refractivity contribution in [2.45, 2.75) is 13.5 Å². The Labute approximate surface area is 82.8 Å². The minimum atomic E-state index is -2.83. The first-order valence-electron chi connectivity index (χ1n) is 3.51. The van der Waals surface area contributed by atoms with Gasteiger partial charge in [-0.05, 0) is 34.5 Å². The summed E-state index contributed by atoms with van der Waals surface area (Å²) in [5.41, 5.74) is 6.76. The Balaban J connectivity index is 3.01. The number of anilines is 1. The van der Waals surface area contributed by atoms with Crippen molar-refractivity contribution in [3.8, 4) is 5.75 Å². The molecule has 0 bridgehead atoms. The van der Waals surface area contributed by atoms with Gasteiger partial charge in [0.05, 0.1) is 4.47 Å². The summed E-state index contributed by atoms with van der Waals surface area (Å²) in [5.74, 6) is 0.0538. The number of rotatable bonds is 2. The van der Waals surface area contributed by atoms with E-state index in [9.17, 15) is 8.78 Å². The molecule has 0 aliphatic carbocycles. The van der Waals surface area contributed by atoms with Crippen LogP contribution < -0.4 is 10.5 Å². The maximum atomic E-state index is 11.8. The number of nitrogen functional groups attached to an aromatic ring is 1. The van der Waals surface area contributed by atoms with Crippen LogP contribution in [0.15, 0.2) is 16.6 Å². The van der Waals surface area contributed by atoms with Crippen molar-refractivity contribution >= 4 is 21.6 Å². The normalized spacial score (nSPS) is 10.5. The van der Waals surface area contributed by atoms with Crippen LogP contribution in [0.1, 0.15) is 5.56 Å². The number of halogens is 3. The van der Waals surface area contributed by atoms with Gasteiger partial charge in [0, 0.05) is 11.8 Å². The average Bonchev–Trinajstić information content (AvgIpc) is 1.99. The zero-order valence-corrected chi connectivity index (χ0v) is 8.44. The van der Waals surface area contributed by atoms with Gasteiger partial charge in [0.1, 0.15) is 5.75 Å². The van der Waals surface area contributed by atoms with E-state index in [1.807, 2.05) is 0 Å². The predicted octanol–water partition coefficient (Wildman–Crippen LogP) is 2.94. The van der Waals surface area contributed by atoms with Crippen molar-refractivity contribution in [2.75, 3.05) is 5.73 Å². The molecule has 1 aromatic carbocycles. The third-order valence-corrected chi connectivity index (χ3v) is 2.16. The second-order valence-electron chi connectivity index (χ2n) is 2.52. The molecule has 0 aliphatic heterocycles. The maximum Gasteiger partial charge on any atom is 0.387 e. The Morgan fingerprint density at radius 2 is 2.08 bits per heavy atom. The van der Waals surface area contributed by atoms with Crippen LogP contribution in [0.2, 0.25) is 0 Å². The minimum absolute atomic E-state index is 0.0538. The molecule has 0 aliphatic rings. The van der Waals surface area contributed by atoms with E-state index in [4.69, 9.17) is 5.73 Å². The summed E-state index contributed by atoms with van der Waals surface area (Å²) >= 11 is 3.10. The molecule has 0 amide bonds. The monoisotopic (exact) mass is 251 g/mol. The van der Waals surface area contributed by atoms with Crippen molar-refractivity contribution in [2.24, 2.45) is 0 Å². The molecule has 0 saturated carbocycles. The highest BCUT2D eigenvalue weighted by Crippen LogP contribution is 2.30. The molecule has 2 N–H and O–H groups in total. The van der Waals surface area contributed by atoms with E-state index in [0.717, 1.165) is 5.56 Å². The Kier molecular flexibility index (Phi) is 3.08. The highest BCUT2D eigenvalue weighted by Gasteiger charge is 2.09. The Bertz CT molecular complexity index is 317. The first-order chi connectivity index (χ1) is 6.00. The third kappa shape index (κ3) is 2.55. The molecule has 1 aromatic rings. The number of nitrogens with two attached hydrogens (primary N) is 1. The molecule has 0 unspecified atom stereocenters. The summed E-state index contributed by atoms with van der Waals surface area (Å²) in [7, 11) is 0. The van der Waals surface area contributed by atoms with Crippen molar-refractivity contribution in [3.05, 3.63) is 22.2 Å². The van der Waals surface area contributed by atoms with Crippen LogP contribution in [0.25, 0.3) is 0 Å². The summed E-state index contributed by atoms with van der Waals surface area (Å²) in [6.45, 7) is -1.05. The standard InChI is InChI=1S/C8H8BrF2NO/c1-4-2-5(9)7(3-6(4)12)13-8(10)11/h2-3,8H,12H2,1H3. The fourth-order valence-electron chi connectivity index (χ4n) is 0.855. The van der Waals surface area contributed by atoms with Gasteiger partial charge in [-0.15, -0.1) is 0 Å². The van der Waals surface area contributed by atoms with Crippen LogP contribution >= 0.6 is 15.9 Å². The van der Waals surface area contributed by atoms with Crippen molar-refractivity contribution in [1.29, 1.82) is 0 Å². The number of alkyl halides is 2. The van der Waals surface area contributed by atoms with Gasteiger partial charge in [0.2, 0.25) is 0 Å². The van der Waals surface area contributed by atoms with E-state index >= 15 is 0 Å². The quantitative estimate of drug-likeness (QED) is 0.821. The molecule has 2 nitrogen and oxygen atoms in total. The lowest BCUT2D eigenvalue weighted by molar-refractivity contribution is -0.0503. The third-order valence-electron chi connectivity index (χ3n) is 1.54. The summed E-state index contributed by atoms with van der Waals surface area (Å²) in [5, 5.41) is 0. The van der Waals surface area contributed by atoms with Gasteiger partial charge < -0.3 is 10.5 Å². The van der Waals surface area contributed by atoms with E-state index in [-0.39, 0.29) is 5.75 Å². The zero-order valence-electron chi connectivity index (χ0n) is 6.85. The van der Waals surface area contributed by atoms with Gasteiger partial charge in [-0.3, -0.25) is 0 Å². The minimum Gasteiger partial charge on any atom is -0.434 e. The van der Waals surface area contributed by atoms with Gasteiger partial charge in [-0.2, -0.15) is 8.78 Å². The SMILES string of the molecule is Cc1cc(Br)c(OC(F)F)cc1N. The molecule has 0 heterocycles. The first-order valence-corrected chi connectivity index (χ1v) is 4.30. The molecule has 5 heteroatoms. The van der Waals surface area contributed by atoms with Gasteiger partial charge in [0.25, 0.3) is 0 Å². The molecule has 0 atom stereocenters. The number of benzene rings is 1. The van der Waals surface area contributed by atoms with E-state index < -0.39 is 6.61 Å². The fourth-order valence-corrected chi connectivity index (χ4v) is 1.41. The largest absolute Gasteiger partial charge is 0.434 e. The van der Waals surface area contributed by atoms with Crippen molar-refractivity contribution in [1.82, 2.24) is 0 Å². The van der Waals surface area contributed by atoms with E-state index in [0.29, 0.717) is 10.2 Å². The molecule has 0 spiro atoms. The zero-order chi connectivity index (χ0) is 10.0. The Hall–Kier alpha value is -0.840. The molecular weight excluding hydrogens is 244 g/mol. The van der Waals surface area contributed by atoms with Crippen molar-refractivity contribution in [3.63, 3.8) is 0 Å². The topological polar surface area (TPSA) is 35.2 Å². The molecule has 0 aromatic heterocycles. The smallest absolute Gasteiger partial charge is 0.387 e. The number of aryl methyl sites for hydroxylation is 1. The molecule has 0 radical (unpaired) electrons. The summed E-state index contributed by atoms with van der Waals surface area (Å²) in [6, 6.07) is 3.00. The Morgan fingerprint density at radius 3 is 2.62 bits per heavy atom. The van der Waals surface area contributed by atoms with Gasteiger partial charge in [-0.1, -0.05) is 0 Å². The van der Waals surface area contributed by atoms with Gasteiger partial charge in [-0.25, -0.2) is 0 Å². The number of ether oxygens (including phenoxy) is 1. The summed E-state index contributed by atoms with van der Waals surface area (Å²) < 4.78 is 28.4. The predicted molar refractivity (Wildman–Crippen MR) is 49.9 cm³/mol. The molecule has 0 saturated heterocycles. The maximum absolute atomic E-state index is 11.8. The van der Waals surface area contributed by atoms with E-state index in [2.05, 4.69) is 20.7 Å². The second kappa shape index (κ2) is 3.91. The fraction of sp³-hybridized carbons (Fsp3) is 0.250.